The Morgan fingerprint density at radius 3 is 2.88 bits per heavy atom. The van der Waals surface area contributed by atoms with E-state index in [1.165, 1.54) is 0 Å². The van der Waals surface area contributed by atoms with Crippen molar-refractivity contribution in [3.05, 3.63) is 33.1 Å². The van der Waals surface area contributed by atoms with Gasteiger partial charge in [0.05, 0.1) is 26.5 Å². The Hall–Kier alpha value is -1.54. The largest absolute Gasteiger partial charge is 0.278 e. The second kappa shape index (κ2) is 4.76. The van der Waals surface area contributed by atoms with Crippen molar-refractivity contribution < 1.29 is 29.9 Å². The molecule has 0 aliphatic rings. The zero-order chi connectivity index (χ0) is 20.9. The van der Waals surface area contributed by atoms with Crippen molar-refractivity contribution in [2.75, 3.05) is 6.26 Å². The molecular weight excluding hydrogens is 248 g/mol. The van der Waals surface area contributed by atoms with Crippen molar-refractivity contribution in [2.45, 2.75) is 20.3 Å². The maximum atomic E-state index is 11.4. The van der Waals surface area contributed by atoms with Crippen molar-refractivity contribution in [1.82, 2.24) is 4.98 Å². The summed E-state index contributed by atoms with van der Waals surface area (Å²) in [6, 6.07) is 0. The van der Waals surface area contributed by atoms with Gasteiger partial charge in [-0.25, -0.2) is 0 Å². The van der Waals surface area contributed by atoms with Crippen LogP contribution in [0.3, 0.4) is 0 Å². The Morgan fingerprint density at radius 2 is 2.41 bits per heavy atom. The minimum Gasteiger partial charge on any atom is -0.264 e. The monoisotopic (exact) mass is 269 g/mol. The van der Waals surface area contributed by atoms with E-state index < -0.39 is 64.0 Å². The molecule has 0 unspecified atom stereocenters. The first-order chi connectivity index (χ1) is 11.3. The molecule has 1 heterocycles. The minimum absolute atomic E-state index is 0.437. The summed E-state index contributed by atoms with van der Waals surface area (Å²) in [5.41, 5.74) is -5.74. The standard InChI is InChI=1S/C9H12N2O5S/c1-6-4-10-8(5-16-17(3,14)15)7(2)9(6)11(12)13/h4H,5H2,1-3H3/i1D3,2D3,4D,5D2. The van der Waals surface area contributed by atoms with Crippen molar-refractivity contribution in [1.29, 1.82) is 0 Å². The molecule has 0 atom stereocenters. The van der Waals surface area contributed by atoms with Crippen LogP contribution >= 0.6 is 0 Å². The Kier molecular flexibility index (Phi) is 1.51. The lowest BCUT2D eigenvalue weighted by molar-refractivity contribution is -0.386. The van der Waals surface area contributed by atoms with Crippen LogP contribution in [0.5, 0.6) is 0 Å². The van der Waals surface area contributed by atoms with E-state index in [0.29, 0.717) is 6.26 Å². The van der Waals surface area contributed by atoms with Crippen LogP contribution < -0.4 is 0 Å². The minimum atomic E-state index is -4.52. The van der Waals surface area contributed by atoms with Crippen LogP contribution in [0.4, 0.5) is 5.69 Å². The maximum Gasteiger partial charge on any atom is 0.278 e. The van der Waals surface area contributed by atoms with Gasteiger partial charge in [-0.2, -0.15) is 8.42 Å². The van der Waals surface area contributed by atoms with Crippen molar-refractivity contribution >= 4 is 15.8 Å². The van der Waals surface area contributed by atoms with E-state index in [9.17, 15) is 18.5 Å². The molecule has 1 aromatic rings. The van der Waals surface area contributed by atoms with Gasteiger partial charge in [0, 0.05) is 20.0 Å². The second-order valence-electron chi connectivity index (χ2n) is 2.82. The molecule has 94 valence electrons. The molecule has 0 spiro atoms. The van der Waals surface area contributed by atoms with Crippen LogP contribution in [-0.2, 0) is 20.9 Å². The lowest BCUT2D eigenvalue weighted by atomic mass is 10.1. The van der Waals surface area contributed by atoms with Gasteiger partial charge in [-0.3, -0.25) is 19.3 Å². The van der Waals surface area contributed by atoms with Gasteiger partial charge in [0.1, 0.15) is 6.56 Å². The van der Waals surface area contributed by atoms with Crippen molar-refractivity contribution in [3.63, 3.8) is 0 Å². The van der Waals surface area contributed by atoms with E-state index in [4.69, 9.17) is 12.3 Å². The van der Waals surface area contributed by atoms with Crippen LogP contribution in [0.15, 0.2) is 6.17 Å². The molecular formula is C9H12N2O5S. The molecule has 0 aliphatic carbocycles. The van der Waals surface area contributed by atoms with Crippen LogP contribution in [0, 0.1) is 23.8 Å². The van der Waals surface area contributed by atoms with Gasteiger partial charge >= 0.3 is 0 Å². The SMILES string of the molecule is [2H]c1nc(C([2H])([2H])OS(C)(=O)=O)c(C([2H])([2H])[2H])c([N+](=O)[O-])c1C([2H])([2H])[2H]. The number of rotatable bonds is 4. The van der Waals surface area contributed by atoms with Crippen LogP contribution in [0.25, 0.3) is 0 Å². The predicted octanol–water partition coefficient (Wildman–Crippen LogP) is 1.08. The van der Waals surface area contributed by atoms with Gasteiger partial charge in [-0.1, -0.05) is 0 Å². The van der Waals surface area contributed by atoms with E-state index in [1.54, 1.807) is 0 Å². The van der Waals surface area contributed by atoms with Gasteiger partial charge in [-0.15, -0.1) is 0 Å². The highest BCUT2D eigenvalue weighted by Crippen LogP contribution is 2.24. The predicted molar refractivity (Wildman–Crippen MR) is 60.0 cm³/mol. The summed E-state index contributed by atoms with van der Waals surface area (Å²) in [7, 11) is -4.52. The van der Waals surface area contributed by atoms with Gasteiger partial charge in [0.15, 0.2) is 0 Å². The Morgan fingerprint density at radius 1 is 1.71 bits per heavy atom. The zero-order valence-corrected chi connectivity index (χ0v) is 9.16. The summed E-state index contributed by atoms with van der Waals surface area (Å²) in [6.45, 7) is -10.3. The summed E-state index contributed by atoms with van der Waals surface area (Å²) >= 11 is 0. The first kappa shape index (κ1) is 5.40. The molecule has 7 nitrogen and oxygen atoms in total. The third-order valence-corrected chi connectivity index (χ3v) is 1.85. The summed E-state index contributed by atoms with van der Waals surface area (Å²) in [5.74, 6) is 0. The molecule has 0 fully saturated rings. The summed E-state index contributed by atoms with van der Waals surface area (Å²) in [4.78, 5) is 13.1. The third-order valence-electron chi connectivity index (χ3n) is 1.46. The first-order valence-electron chi connectivity index (χ1n) is 8.40. The molecule has 0 bridgehead atoms. The highest BCUT2D eigenvalue weighted by Gasteiger charge is 2.19. The van der Waals surface area contributed by atoms with Gasteiger partial charge < -0.3 is 0 Å². The average Bonchev–Trinajstić information content (AvgIpc) is 2.30. The van der Waals surface area contributed by atoms with Crippen LogP contribution in [0.2, 0.25) is 0 Å². The number of hydrogen-bond donors (Lipinski definition) is 0. The molecule has 8 heteroatoms. The Bertz CT molecular complexity index is 847. The second-order valence-corrected chi connectivity index (χ2v) is 4.39. The molecule has 1 rings (SSSR count). The molecule has 1 aromatic heterocycles. The number of hydrogen-bond acceptors (Lipinski definition) is 6. The summed E-state index contributed by atoms with van der Waals surface area (Å²) < 4.78 is 93.4. The van der Waals surface area contributed by atoms with E-state index >= 15 is 0 Å². The summed E-state index contributed by atoms with van der Waals surface area (Å²) in [5, 5.41) is 11.4. The number of nitro groups is 1. The fourth-order valence-electron chi connectivity index (χ4n) is 0.829. The van der Waals surface area contributed by atoms with Crippen LogP contribution in [-0.4, -0.2) is 24.6 Å². The molecule has 0 amide bonds. The quantitative estimate of drug-likeness (QED) is 0.460. The number of pyridine rings is 1. The highest BCUT2D eigenvalue weighted by atomic mass is 32.2. The average molecular weight is 269 g/mol. The van der Waals surface area contributed by atoms with Gasteiger partial charge in [0.2, 0.25) is 0 Å². The molecule has 0 N–H and O–H groups in total. The fraction of sp³-hybridized carbons (Fsp3) is 0.444. The van der Waals surface area contributed by atoms with Crippen LogP contribution in [0.1, 0.15) is 29.2 Å². The Labute approximate surface area is 111 Å². The van der Waals surface area contributed by atoms with Gasteiger partial charge in [0.25, 0.3) is 15.8 Å². The molecule has 0 radical (unpaired) electrons. The maximum absolute atomic E-state index is 11.4. The highest BCUT2D eigenvalue weighted by molar-refractivity contribution is 7.85. The van der Waals surface area contributed by atoms with Crippen molar-refractivity contribution in [3.8, 4) is 0 Å². The zero-order valence-electron chi connectivity index (χ0n) is 17.3. The van der Waals surface area contributed by atoms with Crippen molar-refractivity contribution in [2.24, 2.45) is 0 Å². The van der Waals surface area contributed by atoms with E-state index in [2.05, 4.69) is 9.17 Å². The number of aromatic nitrogens is 1. The lowest BCUT2D eigenvalue weighted by Crippen LogP contribution is -2.07. The Balaban J connectivity index is 4.11. The molecule has 0 saturated carbocycles. The first-order valence-corrected chi connectivity index (χ1v) is 5.71. The third kappa shape index (κ3) is 3.46. The molecule has 17 heavy (non-hydrogen) atoms. The summed E-state index contributed by atoms with van der Waals surface area (Å²) in [6.07, 6.45) is -0.868. The van der Waals surface area contributed by atoms with E-state index in [0.717, 1.165) is 0 Å². The fourth-order valence-corrected chi connectivity index (χ4v) is 1.06. The molecule has 0 aromatic carbocycles. The van der Waals surface area contributed by atoms with Gasteiger partial charge in [-0.05, 0) is 13.7 Å². The smallest absolute Gasteiger partial charge is 0.264 e. The molecule has 0 aliphatic heterocycles. The normalized spacial score (nSPS) is 21.6. The molecule has 0 saturated heterocycles. The van der Waals surface area contributed by atoms with E-state index in [-0.39, 0.29) is 0 Å². The van der Waals surface area contributed by atoms with E-state index in [1.807, 2.05) is 0 Å². The topological polar surface area (TPSA) is 99.4 Å². The number of nitrogens with zero attached hydrogens (tertiary/aromatic N) is 2. The lowest BCUT2D eigenvalue weighted by Gasteiger charge is -2.06.